The van der Waals surface area contributed by atoms with Gasteiger partial charge < -0.3 is 14.6 Å². The second-order valence-corrected chi connectivity index (χ2v) is 9.42. The maximum Gasteiger partial charge on any atom is 0.312 e. The van der Waals surface area contributed by atoms with Crippen molar-refractivity contribution in [1.29, 1.82) is 0 Å². The number of carbonyl (C=O) groups excluding carboxylic acids is 2. The first kappa shape index (κ1) is 14.9. The summed E-state index contributed by atoms with van der Waals surface area (Å²) in [5.41, 5.74) is 0.599. The quantitative estimate of drug-likeness (QED) is 0.680. The van der Waals surface area contributed by atoms with Gasteiger partial charge in [-0.2, -0.15) is 0 Å². The Bertz CT molecular complexity index is 728. The molecule has 25 heavy (non-hydrogen) atoms. The molecule has 2 heterocycles. The van der Waals surface area contributed by atoms with Crippen LogP contribution in [-0.2, 0) is 19.1 Å². The monoisotopic (exact) mass is 344 g/mol. The van der Waals surface area contributed by atoms with Gasteiger partial charge in [-0.05, 0) is 66.9 Å². The van der Waals surface area contributed by atoms with Crippen molar-refractivity contribution in [2.75, 3.05) is 0 Å². The van der Waals surface area contributed by atoms with Crippen molar-refractivity contribution in [1.82, 2.24) is 0 Å². The molecule has 2 bridgehead atoms. The molecule has 0 radical (unpaired) electrons. The Morgan fingerprint density at radius 1 is 1.28 bits per heavy atom. The number of carbonyl (C=O) groups is 2. The molecule has 134 valence electrons. The Kier molecular flexibility index (Phi) is 2.61. The Morgan fingerprint density at radius 2 is 2.12 bits per heavy atom. The zero-order valence-corrected chi connectivity index (χ0v) is 14.4. The number of aliphatic hydroxyl groups is 1. The number of ketones is 1. The molecule has 1 spiro atoms. The van der Waals surface area contributed by atoms with E-state index in [1.54, 1.807) is 6.08 Å². The minimum Gasteiger partial charge on any atom is -0.435 e. The van der Waals surface area contributed by atoms with Crippen LogP contribution in [0.15, 0.2) is 11.6 Å². The molecule has 6 rings (SSSR count). The zero-order valence-electron chi connectivity index (χ0n) is 14.4. The number of esters is 1. The molecule has 1 N–H and O–H groups in total. The lowest BCUT2D eigenvalue weighted by Gasteiger charge is -2.57. The number of aliphatic hydroxyl groups excluding tert-OH is 1. The van der Waals surface area contributed by atoms with Crippen LogP contribution in [0.25, 0.3) is 0 Å². The Hall–Kier alpha value is -1.20. The minimum atomic E-state index is -0.542. The number of fused-ring (bicyclic) bond motifs is 6. The van der Waals surface area contributed by atoms with E-state index in [9.17, 15) is 14.7 Å². The summed E-state index contributed by atoms with van der Waals surface area (Å²) in [5, 5.41) is 10.9. The van der Waals surface area contributed by atoms with E-state index >= 15 is 0 Å². The van der Waals surface area contributed by atoms with Gasteiger partial charge in [-0.25, -0.2) is 0 Å². The highest BCUT2D eigenvalue weighted by molar-refractivity contribution is 5.92. The topological polar surface area (TPSA) is 72.8 Å². The van der Waals surface area contributed by atoms with Crippen molar-refractivity contribution < 1.29 is 24.2 Å². The molecule has 0 amide bonds. The van der Waals surface area contributed by atoms with Gasteiger partial charge in [0.15, 0.2) is 5.78 Å². The average molecular weight is 344 g/mol. The summed E-state index contributed by atoms with van der Waals surface area (Å²) in [6, 6.07) is 0. The van der Waals surface area contributed by atoms with Gasteiger partial charge in [0.25, 0.3) is 0 Å². The van der Waals surface area contributed by atoms with E-state index in [1.165, 1.54) is 0 Å². The van der Waals surface area contributed by atoms with Crippen molar-refractivity contribution in [3.63, 3.8) is 0 Å². The van der Waals surface area contributed by atoms with Crippen LogP contribution >= 0.6 is 0 Å². The van der Waals surface area contributed by atoms with Crippen LogP contribution < -0.4 is 0 Å². The predicted molar refractivity (Wildman–Crippen MR) is 86.1 cm³/mol. The van der Waals surface area contributed by atoms with Gasteiger partial charge in [0, 0.05) is 6.42 Å². The van der Waals surface area contributed by atoms with Crippen LogP contribution in [0.4, 0.5) is 0 Å². The molecule has 1 unspecified atom stereocenters. The largest absolute Gasteiger partial charge is 0.435 e. The van der Waals surface area contributed by atoms with Crippen molar-refractivity contribution in [3.8, 4) is 0 Å². The summed E-state index contributed by atoms with van der Waals surface area (Å²) < 4.78 is 12.0. The fourth-order valence-corrected chi connectivity index (χ4v) is 7.92. The van der Waals surface area contributed by atoms with Crippen LogP contribution in [0.3, 0.4) is 0 Å². The summed E-state index contributed by atoms with van der Waals surface area (Å²) in [5.74, 6) is 1.11. The van der Waals surface area contributed by atoms with Crippen LogP contribution in [0.5, 0.6) is 0 Å². The number of hydrogen-bond acceptors (Lipinski definition) is 5. The lowest BCUT2D eigenvalue weighted by molar-refractivity contribution is -0.173. The Labute approximate surface area is 146 Å². The lowest BCUT2D eigenvalue weighted by atomic mass is 9.46. The smallest absolute Gasteiger partial charge is 0.312 e. The molecule has 5 heteroatoms. The van der Waals surface area contributed by atoms with E-state index in [4.69, 9.17) is 9.47 Å². The van der Waals surface area contributed by atoms with Gasteiger partial charge in [-0.3, -0.25) is 9.59 Å². The van der Waals surface area contributed by atoms with Crippen molar-refractivity contribution in [3.05, 3.63) is 11.6 Å². The van der Waals surface area contributed by atoms with Crippen LogP contribution in [-0.4, -0.2) is 35.4 Å². The minimum absolute atomic E-state index is 0.0109. The lowest BCUT2D eigenvalue weighted by Crippen LogP contribution is -2.57. The van der Waals surface area contributed by atoms with Gasteiger partial charge in [-0.15, -0.1) is 0 Å². The van der Waals surface area contributed by atoms with Crippen molar-refractivity contribution >= 4 is 11.8 Å². The number of ether oxygens (including phenoxy) is 2. The third-order valence-electron chi connectivity index (χ3n) is 8.74. The van der Waals surface area contributed by atoms with Crippen LogP contribution in [0.1, 0.15) is 45.4 Å². The molecule has 2 aliphatic heterocycles. The van der Waals surface area contributed by atoms with E-state index in [0.29, 0.717) is 30.6 Å². The number of hydrogen-bond donors (Lipinski definition) is 1. The molecule has 5 nitrogen and oxygen atoms in total. The Morgan fingerprint density at radius 3 is 2.96 bits per heavy atom. The highest BCUT2D eigenvalue weighted by Crippen LogP contribution is 2.73. The van der Waals surface area contributed by atoms with Gasteiger partial charge >= 0.3 is 5.97 Å². The van der Waals surface area contributed by atoms with Crippen molar-refractivity contribution in [2.24, 2.45) is 34.5 Å². The standard InChI is InChI=1S/C20H24O5/c1-19-5-4-9(21)6-13(19)14(22)7-10-11-2-3-12-17(23)25-18-20(11,12)8-15(24-18)16(10)19/h6,10-12,14-16,18,22H,2-5,7-8H2,1H3/t10-,11-,12+,14+,15-,16+,18?,19-,20+/m0/s1. The van der Waals surface area contributed by atoms with E-state index < -0.39 is 6.10 Å². The SMILES string of the molecule is C[C@]12CCC(=O)C=C1[C@H](O)C[C@@H]1[C@@H]2[C@@H]2C[C@]34C(OC(=O)[C@H]3CC[C@@H]14)O2. The zero-order chi connectivity index (χ0) is 17.1. The molecular formula is C20H24O5. The molecule has 3 saturated carbocycles. The third kappa shape index (κ3) is 1.51. The van der Waals surface area contributed by atoms with Gasteiger partial charge in [0.05, 0.1) is 23.5 Å². The summed E-state index contributed by atoms with van der Waals surface area (Å²) in [4.78, 5) is 24.3. The summed E-state index contributed by atoms with van der Waals surface area (Å²) in [7, 11) is 0. The summed E-state index contributed by atoms with van der Waals surface area (Å²) in [6.45, 7) is 2.22. The van der Waals surface area contributed by atoms with E-state index in [1.807, 2.05) is 0 Å². The van der Waals surface area contributed by atoms with Gasteiger partial charge in [-0.1, -0.05) is 6.92 Å². The molecule has 5 fully saturated rings. The first-order valence-electron chi connectivity index (χ1n) is 9.74. The highest BCUT2D eigenvalue weighted by atomic mass is 16.7. The molecule has 0 aromatic carbocycles. The highest BCUT2D eigenvalue weighted by Gasteiger charge is 2.76. The van der Waals surface area contributed by atoms with E-state index in [-0.39, 0.29) is 40.9 Å². The fourth-order valence-electron chi connectivity index (χ4n) is 7.92. The Balaban J connectivity index is 1.49. The molecule has 0 aromatic rings. The predicted octanol–water partition coefficient (Wildman–Crippen LogP) is 1.98. The van der Waals surface area contributed by atoms with Crippen molar-refractivity contribution in [2.45, 2.75) is 63.9 Å². The average Bonchev–Trinajstić information content (AvgIpc) is 3.15. The molecule has 9 atom stereocenters. The first-order valence-corrected chi connectivity index (χ1v) is 9.74. The molecular weight excluding hydrogens is 320 g/mol. The van der Waals surface area contributed by atoms with E-state index in [0.717, 1.165) is 31.3 Å². The second-order valence-electron chi connectivity index (χ2n) is 9.42. The second kappa shape index (κ2) is 4.37. The van der Waals surface area contributed by atoms with Gasteiger partial charge in [0.2, 0.25) is 6.29 Å². The first-order chi connectivity index (χ1) is 11.9. The fraction of sp³-hybridized carbons (Fsp3) is 0.800. The number of rotatable bonds is 0. The molecule has 2 saturated heterocycles. The van der Waals surface area contributed by atoms with Crippen LogP contribution in [0.2, 0.25) is 0 Å². The summed E-state index contributed by atoms with van der Waals surface area (Å²) >= 11 is 0. The normalized spacial score (nSPS) is 58.3. The van der Waals surface area contributed by atoms with Crippen LogP contribution in [0, 0.1) is 34.5 Å². The summed E-state index contributed by atoms with van der Waals surface area (Å²) in [6.07, 6.45) is 5.75. The maximum absolute atomic E-state index is 12.3. The van der Waals surface area contributed by atoms with E-state index in [2.05, 4.69) is 6.92 Å². The maximum atomic E-state index is 12.3. The third-order valence-corrected chi connectivity index (χ3v) is 8.74. The molecule has 4 aliphatic carbocycles. The molecule has 0 aromatic heterocycles. The molecule has 6 aliphatic rings. The van der Waals surface area contributed by atoms with Gasteiger partial charge in [0.1, 0.15) is 0 Å².